The molecule has 1 aliphatic rings. The van der Waals surface area contributed by atoms with E-state index < -0.39 is 0 Å². The van der Waals surface area contributed by atoms with E-state index in [1.165, 1.54) is 6.42 Å². The third-order valence-corrected chi connectivity index (χ3v) is 4.72. The van der Waals surface area contributed by atoms with Crippen LogP contribution in [-0.4, -0.2) is 43.1 Å². The molecule has 1 fully saturated rings. The summed E-state index contributed by atoms with van der Waals surface area (Å²) >= 11 is 0. The Morgan fingerprint density at radius 1 is 1.40 bits per heavy atom. The predicted octanol–water partition coefficient (Wildman–Crippen LogP) is 3.45. The van der Waals surface area contributed by atoms with Gasteiger partial charge in [0.25, 0.3) is 0 Å². The van der Waals surface area contributed by atoms with Gasteiger partial charge in [0.15, 0.2) is 0 Å². The molecule has 3 heterocycles. The van der Waals surface area contributed by atoms with E-state index in [-0.39, 0.29) is 18.1 Å². The highest BCUT2D eigenvalue weighted by Gasteiger charge is 2.27. The molecule has 136 valence electrons. The molecule has 1 aliphatic heterocycles. The van der Waals surface area contributed by atoms with Gasteiger partial charge in [0, 0.05) is 43.6 Å². The summed E-state index contributed by atoms with van der Waals surface area (Å²) in [6.45, 7) is 7.73. The quantitative estimate of drug-likeness (QED) is 0.903. The Morgan fingerprint density at radius 2 is 2.24 bits per heavy atom. The van der Waals surface area contributed by atoms with E-state index in [0.29, 0.717) is 0 Å². The van der Waals surface area contributed by atoms with Crippen LogP contribution in [0.25, 0.3) is 0 Å². The molecule has 2 aromatic heterocycles. The predicted molar refractivity (Wildman–Crippen MR) is 97.6 cm³/mol. The Labute approximate surface area is 149 Å². The second-order valence-corrected chi connectivity index (χ2v) is 7.04. The maximum Gasteiger partial charge on any atom is 0.323 e. The zero-order valence-corrected chi connectivity index (χ0v) is 15.4. The molecule has 0 bridgehead atoms. The third kappa shape index (κ3) is 4.21. The van der Waals surface area contributed by atoms with Gasteiger partial charge in [0.2, 0.25) is 0 Å². The van der Waals surface area contributed by atoms with Gasteiger partial charge in [-0.3, -0.25) is 10.00 Å². The Balaban J connectivity index is 1.66. The molecule has 1 saturated heterocycles. The van der Waals surface area contributed by atoms with Crippen molar-refractivity contribution >= 4 is 11.8 Å². The number of piperidine rings is 1. The molecule has 0 aromatic carbocycles. The molecule has 1 atom stereocenters. The second kappa shape index (κ2) is 7.72. The number of amides is 2. The minimum absolute atomic E-state index is 0.0213. The molecule has 2 amide bonds. The lowest BCUT2D eigenvalue weighted by molar-refractivity contribution is 0.154. The zero-order chi connectivity index (χ0) is 17.8. The van der Waals surface area contributed by atoms with Crippen molar-refractivity contribution in [3.05, 3.63) is 30.2 Å². The summed E-state index contributed by atoms with van der Waals surface area (Å²) < 4.78 is 3.80. The summed E-state index contributed by atoms with van der Waals surface area (Å²) in [4.78, 5) is 14.9. The fourth-order valence-corrected chi connectivity index (χ4v) is 3.47. The number of rotatable bonds is 5. The molecular formula is C18H28N6O. The van der Waals surface area contributed by atoms with Crippen molar-refractivity contribution in [1.82, 2.24) is 24.5 Å². The zero-order valence-electron chi connectivity index (χ0n) is 15.4. The molecule has 0 unspecified atom stereocenters. The number of carbonyl (C=O) groups is 1. The van der Waals surface area contributed by atoms with E-state index in [4.69, 9.17) is 0 Å². The summed E-state index contributed by atoms with van der Waals surface area (Å²) in [5, 5.41) is 11.8. The molecule has 0 aliphatic carbocycles. The van der Waals surface area contributed by atoms with Crippen LogP contribution < -0.4 is 5.32 Å². The standard InChI is InChI=1S/C18H28N6O/c1-14(2)24-17(13-15(3)21-24)20-18(25)23-11-5-4-7-16(23)8-12-22-10-6-9-19-22/h6,9-10,13-14,16H,4-5,7-8,11-12H2,1-3H3,(H,20,25)/t16-/m1/s1. The third-order valence-electron chi connectivity index (χ3n) is 4.72. The lowest BCUT2D eigenvalue weighted by atomic mass is 10.00. The summed E-state index contributed by atoms with van der Waals surface area (Å²) in [6, 6.07) is 4.31. The first kappa shape index (κ1) is 17.5. The molecule has 2 aromatic rings. The molecular weight excluding hydrogens is 316 g/mol. The Kier molecular flexibility index (Phi) is 5.40. The number of urea groups is 1. The lowest BCUT2D eigenvalue weighted by Gasteiger charge is -2.35. The number of aromatic nitrogens is 4. The average Bonchev–Trinajstić information content (AvgIpc) is 3.22. The fourth-order valence-electron chi connectivity index (χ4n) is 3.47. The van der Waals surface area contributed by atoms with E-state index in [1.54, 1.807) is 6.20 Å². The van der Waals surface area contributed by atoms with Gasteiger partial charge in [-0.25, -0.2) is 9.48 Å². The largest absolute Gasteiger partial charge is 0.323 e. The van der Waals surface area contributed by atoms with Crippen LogP contribution in [0.3, 0.4) is 0 Å². The van der Waals surface area contributed by atoms with Gasteiger partial charge in [0.1, 0.15) is 5.82 Å². The molecule has 3 rings (SSSR count). The minimum atomic E-state index is -0.0213. The van der Waals surface area contributed by atoms with Gasteiger partial charge >= 0.3 is 6.03 Å². The fraction of sp³-hybridized carbons (Fsp3) is 0.611. The molecule has 7 heteroatoms. The van der Waals surface area contributed by atoms with Gasteiger partial charge in [-0.05, 0) is 52.5 Å². The van der Waals surface area contributed by atoms with Crippen molar-refractivity contribution in [3.63, 3.8) is 0 Å². The van der Waals surface area contributed by atoms with Gasteiger partial charge in [-0.15, -0.1) is 0 Å². The summed E-state index contributed by atoms with van der Waals surface area (Å²) in [5.74, 6) is 0.772. The second-order valence-electron chi connectivity index (χ2n) is 7.04. The van der Waals surface area contributed by atoms with E-state index in [1.807, 2.05) is 39.5 Å². The molecule has 7 nitrogen and oxygen atoms in total. The maximum absolute atomic E-state index is 12.9. The van der Waals surface area contributed by atoms with Crippen LogP contribution in [0.1, 0.15) is 51.3 Å². The van der Waals surface area contributed by atoms with Crippen LogP contribution >= 0.6 is 0 Å². The summed E-state index contributed by atoms with van der Waals surface area (Å²) in [5.41, 5.74) is 0.915. The average molecular weight is 344 g/mol. The van der Waals surface area contributed by atoms with Crippen LogP contribution in [0.15, 0.2) is 24.5 Å². The number of carbonyl (C=O) groups excluding carboxylic acids is 1. The Morgan fingerprint density at radius 3 is 2.96 bits per heavy atom. The molecule has 0 saturated carbocycles. The van der Waals surface area contributed by atoms with E-state index in [0.717, 1.165) is 43.9 Å². The first-order valence-electron chi connectivity index (χ1n) is 9.16. The number of nitrogens with one attached hydrogen (secondary N) is 1. The molecule has 1 N–H and O–H groups in total. The van der Waals surface area contributed by atoms with Crippen LogP contribution in [0, 0.1) is 6.92 Å². The highest BCUT2D eigenvalue weighted by Crippen LogP contribution is 2.23. The van der Waals surface area contributed by atoms with E-state index >= 15 is 0 Å². The van der Waals surface area contributed by atoms with Crippen LogP contribution in [-0.2, 0) is 6.54 Å². The van der Waals surface area contributed by atoms with Crippen molar-refractivity contribution in [2.24, 2.45) is 0 Å². The number of hydrogen-bond donors (Lipinski definition) is 1. The number of hydrogen-bond acceptors (Lipinski definition) is 3. The minimum Gasteiger partial charge on any atom is -0.321 e. The van der Waals surface area contributed by atoms with Crippen molar-refractivity contribution in [2.45, 2.75) is 65.1 Å². The lowest BCUT2D eigenvalue weighted by Crippen LogP contribution is -2.46. The smallest absolute Gasteiger partial charge is 0.321 e. The van der Waals surface area contributed by atoms with E-state index in [2.05, 4.69) is 29.4 Å². The molecule has 25 heavy (non-hydrogen) atoms. The molecule has 0 spiro atoms. The van der Waals surface area contributed by atoms with Crippen LogP contribution in [0.5, 0.6) is 0 Å². The van der Waals surface area contributed by atoms with Crippen molar-refractivity contribution < 1.29 is 4.79 Å². The van der Waals surface area contributed by atoms with Crippen LogP contribution in [0.2, 0.25) is 0 Å². The summed E-state index contributed by atoms with van der Waals surface area (Å²) in [7, 11) is 0. The van der Waals surface area contributed by atoms with Crippen molar-refractivity contribution in [1.29, 1.82) is 0 Å². The van der Waals surface area contributed by atoms with Gasteiger partial charge in [0.05, 0.1) is 5.69 Å². The van der Waals surface area contributed by atoms with E-state index in [9.17, 15) is 4.79 Å². The number of anilines is 1. The number of nitrogens with zero attached hydrogens (tertiary/aromatic N) is 5. The van der Waals surface area contributed by atoms with Crippen molar-refractivity contribution in [3.8, 4) is 0 Å². The van der Waals surface area contributed by atoms with Crippen LogP contribution in [0.4, 0.5) is 10.6 Å². The normalized spacial score (nSPS) is 17.9. The SMILES string of the molecule is Cc1cc(NC(=O)N2CCCC[C@@H]2CCn2cccn2)n(C(C)C)n1. The number of likely N-dealkylation sites (tertiary alicyclic amines) is 1. The first-order chi connectivity index (χ1) is 12.0. The monoisotopic (exact) mass is 344 g/mol. The Bertz CT molecular complexity index is 690. The van der Waals surface area contributed by atoms with Gasteiger partial charge < -0.3 is 4.90 Å². The van der Waals surface area contributed by atoms with Gasteiger partial charge in [-0.1, -0.05) is 0 Å². The molecule has 0 radical (unpaired) electrons. The highest BCUT2D eigenvalue weighted by atomic mass is 16.2. The first-order valence-corrected chi connectivity index (χ1v) is 9.16. The maximum atomic E-state index is 12.9. The Hall–Kier alpha value is -2.31. The summed E-state index contributed by atoms with van der Waals surface area (Å²) in [6.07, 6.45) is 7.98. The van der Waals surface area contributed by atoms with Gasteiger partial charge in [-0.2, -0.15) is 10.2 Å². The highest BCUT2D eigenvalue weighted by molar-refractivity contribution is 5.88. The van der Waals surface area contributed by atoms with Crippen molar-refractivity contribution in [2.75, 3.05) is 11.9 Å². The number of aryl methyl sites for hydroxylation is 2. The topological polar surface area (TPSA) is 68.0 Å².